The summed E-state index contributed by atoms with van der Waals surface area (Å²) in [5.74, 6) is 0. The summed E-state index contributed by atoms with van der Waals surface area (Å²) in [6.07, 6.45) is 5.50. The largest absolute Gasteiger partial charge is 0.262 e. The summed E-state index contributed by atoms with van der Waals surface area (Å²) in [4.78, 5) is 3.97. The van der Waals surface area contributed by atoms with Crippen molar-refractivity contribution in [3.05, 3.63) is 36.6 Å². The van der Waals surface area contributed by atoms with Crippen molar-refractivity contribution in [1.82, 2.24) is 0 Å². The molecular weight excluding hydrogens is 122 g/mol. The molecule has 0 aliphatic carbocycles. The van der Waals surface area contributed by atoms with Crippen LogP contribution in [0.4, 0.5) is 0 Å². The average Bonchev–Trinajstić information content (AvgIpc) is 1.89. The Labute approximate surface area is 62.5 Å². The molecule has 1 heteroatoms. The maximum Gasteiger partial charge on any atom is 0.0620 e. The van der Waals surface area contributed by atoms with Crippen LogP contribution in [0.3, 0.4) is 0 Å². The van der Waals surface area contributed by atoms with Crippen molar-refractivity contribution in [2.45, 2.75) is 13.8 Å². The molecule has 54 valence electrons. The fourth-order valence-corrected chi connectivity index (χ4v) is 0.536. The maximum absolute atomic E-state index is 3.97. The van der Waals surface area contributed by atoms with Gasteiger partial charge in [0.25, 0.3) is 0 Å². The number of hydrogen-bond acceptors (Lipinski definition) is 1. The minimum Gasteiger partial charge on any atom is -0.262 e. The van der Waals surface area contributed by atoms with Crippen molar-refractivity contribution in [1.29, 1.82) is 0 Å². The molecule has 0 saturated carbocycles. The van der Waals surface area contributed by atoms with Crippen LogP contribution < -0.4 is 0 Å². The highest BCUT2D eigenvalue weighted by atomic mass is 14.7. The van der Waals surface area contributed by atoms with Gasteiger partial charge in [-0.05, 0) is 19.4 Å². The van der Waals surface area contributed by atoms with Crippen LogP contribution >= 0.6 is 0 Å². The quantitative estimate of drug-likeness (QED) is 0.417. The summed E-state index contributed by atoms with van der Waals surface area (Å²) in [5.41, 5.74) is 1.58. The highest BCUT2D eigenvalue weighted by Gasteiger charge is 1.88. The summed E-state index contributed by atoms with van der Waals surface area (Å²) >= 11 is 0. The molecule has 0 rings (SSSR count). The van der Waals surface area contributed by atoms with Gasteiger partial charge in [0.15, 0.2) is 0 Å². The number of aliphatic imine (C=N–C) groups is 1. The predicted octanol–water partition coefficient (Wildman–Crippen LogP) is 2.72. The zero-order valence-corrected chi connectivity index (χ0v) is 6.59. The number of hydrogen-bond donors (Lipinski definition) is 0. The van der Waals surface area contributed by atoms with Gasteiger partial charge in [0.2, 0.25) is 0 Å². The minimum absolute atomic E-state index is 0.723. The first-order chi connectivity index (χ1) is 4.72. The van der Waals surface area contributed by atoms with Crippen molar-refractivity contribution >= 4 is 6.21 Å². The van der Waals surface area contributed by atoms with Crippen LogP contribution in [0.15, 0.2) is 41.6 Å². The van der Waals surface area contributed by atoms with E-state index in [1.54, 1.807) is 6.21 Å². The van der Waals surface area contributed by atoms with E-state index in [9.17, 15) is 0 Å². The lowest BCUT2D eigenvalue weighted by molar-refractivity contribution is 1.38. The van der Waals surface area contributed by atoms with Crippen molar-refractivity contribution in [2.75, 3.05) is 0 Å². The Kier molecular flexibility index (Phi) is 4.21. The smallest absolute Gasteiger partial charge is 0.0620 e. The molecule has 0 atom stereocenters. The van der Waals surface area contributed by atoms with Gasteiger partial charge in [0, 0.05) is 6.21 Å². The third-order valence-corrected chi connectivity index (χ3v) is 1.02. The third-order valence-electron chi connectivity index (χ3n) is 1.02. The van der Waals surface area contributed by atoms with Crippen molar-refractivity contribution in [2.24, 2.45) is 4.99 Å². The lowest BCUT2D eigenvalue weighted by Gasteiger charge is -1.95. The lowest BCUT2D eigenvalue weighted by Crippen LogP contribution is -1.77. The number of nitrogens with zero attached hydrogens (tertiary/aromatic N) is 1. The van der Waals surface area contributed by atoms with Crippen LogP contribution in [0, 0.1) is 0 Å². The fourth-order valence-electron chi connectivity index (χ4n) is 0.536. The van der Waals surface area contributed by atoms with Crippen LogP contribution in [-0.4, -0.2) is 6.21 Å². The van der Waals surface area contributed by atoms with E-state index in [0.717, 1.165) is 11.3 Å². The van der Waals surface area contributed by atoms with E-state index in [-0.39, 0.29) is 0 Å². The Morgan fingerprint density at radius 3 is 2.30 bits per heavy atom. The second-order valence-corrected chi connectivity index (χ2v) is 1.86. The molecule has 0 aromatic heterocycles. The van der Waals surface area contributed by atoms with Crippen LogP contribution in [0.2, 0.25) is 0 Å². The Morgan fingerprint density at radius 1 is 1.30 bits per heavy atom. The Bertz CT molecular complexity index is 163. The third kappa shape index (κ3) is 3.02. The molecule has 0 aliphatic rings. The Morgan fingerprint density at radius 2 is 1.90 bits per heavy atom. The molecule has 0 saturated heterocycles. The van der Waals surface area contributed by atoms with Crippen molar-refractivity contribution in [3.63, 3.8) is 0 Å². The highest BCUT2D eigenvalue weighted by Crippen LogP contribution is 2.06. The minimum atomic E-state index is 0.723. The molecule has 0 aliphatic heterocycles. The van der Waals surface area contributed by atoms with Gasteiger partial charge in [-0.25, -0.2) is 0 Å². The monoisotopic (exact) mass is 135 g/mol. The highest BCUT2D eigenvalue weighted by molar-refractivity contribution is 5.57. The molecule has 1 nitrogen and oxygen atoms in total. The molecule has 10 heavy (non-hydrogen) atoms. The topological polar surface area (TPSA) is 12.4 Å². The molecule has 0 heterocycles. The van der Waals surface area contributed by atoms with E-state index in [2.05, 4.69) is 18.2 Å². The van der Waals surface area contributed by atoms with E-state index < -0.39 is 0 Å². The first-order valence-corrected chi connectivity index (χ1v) is 3.22. The molecule has 0 bridgehead atoms. The Hall–Kier alpha value is -1.11. The zero-order chi connectivity index (χ0) is 7.98. The van der Waals surface area contributed by atoms with Crippen molar-refractivity contribution < 1.29 is 0 Å². The first kappa shape index (κ1) is 8.89. The maximum atomic E-state index is 3.97. The van der Waals surface area contributed by atoms with Gasteiger partial charge in [0.1, 0.15) is 0 Å². The number of allylic oxidation sites excluding steroid dienone is 2. The molecule has 0 aromatic carbocycles. The first-order valence-electron chi connectivity index (χ1n) is 3.22. The molecule has 0 aromatic rings. The van der Waals surface area contributed by atoms with Crippen LogP contribution in [0.25, 0.3) is 0 Å². The van der Waals surface area contributed by atoms with Gasteiger partial charge in [0.05, 0.1) is 5.70 Å². The predicted molar refractivity (Wildman–Crippen MR) is 47.3 cm³/mol. The molecular formula is C9H13N. The van der Waals surface area contributed by atoms with Gasteiger partial charge in [-0.15, -0.1) is 0 Å². The number of rotatable bonds is 3. The molecule has 0 amide bonds. The molecule has 0 spiro atoms. The summed E-state index contributed by atoms with van der Waals surface area (Å²) in [6, 6.07) is 0. The van der Waals surface area contributed by atoms with Gasteiger partial charge in [-0.3, -0.25) is 4.99 Å². The van der Waals surface area contributed by atoms with Gasteiger partial charge in [-0.2, -0.15) is 0 Å². The van der Waals surface area contributed by atoms with Gasteiger partial charge < -0.3 is 0 Å². The zero-order valence-electron chi connectivity index (χ0n) is 6.59. The molecule has 0 unspecified atom stereocenters. The second kappa shape index (κ2) is 4.74. The lowest BCUT2D eigenvalue weighted by atomic mass is 10.2. The normalized spacial score (nSPS) is 11.0. The SMILES string of the molecule is C=C(/C=C\C)C(=C)N=CC. The summed E-state index contributed by atoms with van der Waals surface area (Å²) in [6.45, 7) is 11.3. The van der Waals surface area contributed by atoms with E-state index in [4.69, 9.17) is 0 Å². The molecule has 0 N–H and O–H groups in total. The standard InChI is InChI=1S/C9H13N/c1-5-7-8(3)9(4)10-6-2/h5-7H,3-4H2,1-2H3/b7-5-,10-6?. The van der Waals surface area contributed by atoms with Crippen molar-refractivity contribution in [3.8, 4) is 0 Å². The molecule has 0 fully saturated rings. The fraction of sp³-hybridized carbons (Fsp3) is 0.222. The van der Waals surface area contributed by atoms with Gasteiger partial charge >= 0.3 is 0 Å². The van der Waals surface area contributed by atoms with Crippen LogP contribution in [-0.2, 0) is 0 Å². The van der Waals surface area contributed by atoms with E-state index in [1.807, 2.05) is 26.0 Å². The van der Waals surface area contributed by atoms with E-state index >= 15 is 0 Å². The summed E-state index contributed by atoms with van der Waals surface area (Å²) in [7, 11) is 0. The summed E-state index contributed by atoms with van der Waals surface area (Å²) in [5, 5.41) is 0. The summed E-state index contributed by atoms with van der Waals surface area (Å²) < 4.78 is 0. The van der Waals surface area contributed by atoms with E-state index in [1.165, 1.54) is 0 Å². The Balaban J connectivity index is 4.09. The van der Waals surface area contributed by atoms with Crippen LogP contribution in [0.5, 0.6) is 0 Å². The average molecular weight is 135 g/mol. The second-order valence-electron chi connectivity index (χ2n) is 1.86. The van der Waals surface area contributed by atoms with E-state index in [0.29, 0.717) is 0 Å². The molecule has 0 radical (unpaired) electrons. The van der Waals surface area contributed by atoms with Gasteiger partial charge in [-0.1, -0.05) is 25.3 Å². The van der Waals surface area contributed by atoms with Crippen LogP contribution in [0.1, 0.15) is 13.8 Å².